The van der Waals surface area contributed by atoms with Crippen molar-refractivity contribution in [3.8, 4) is 5.75 Å². The summed E-state index contributed by atoms with van der Waals surface area (Å²) in [5.41, 5.74) is 1.18. The highest BCUT2D eigenvalue weighted by atomic mass is 16.6. The van der Waals surface area contributed by atoms with Crippen molar-refractivity contribution >= 4 is 17.5 Å². The molecule has 1 aromatic rings. The first kappa shape index (κ1) is 24.5. The number of ether oxygens (including phenoxy) is 4. The van der Waals surface area contributed by atoms with Crippen molar-refractivity contribution in [3.05, 3.63) is 59.9 Å². The zero-order chi connectivity index (χ0) is 23.8. The molecule has 1 aromatic carbocycles. The molecule has 0 aromatic heterocycles. The van der Waals surface area contributed by atoms with E-state index in [9.17, 15) is 14.7 Å². The molecule has 0 amide bonds. The molecule has 0 bridgehead atoms. The maximum absolute atomic E-state index is 12.6. The molecular formula is C25H30O8. The SMILES string of the molecule is CCC(C)C(=O)OCC(O)COC1=CC2OC(=O)C(c3ccc(OCCO)cc3)=CC2C=C1. The minimum absolute atomic E-state index is 0.0545. The van der Waals surface area contributed by atoms with Crippen LogP contribution in [-0.2, 0) is 23.8 Å². The molecule has 178 valence electrons. The molecular weight excluding hydrogens is 428 g/mol. The number of aliphatic hydroxyl groups is 2. The lowest BCUT2D eigenvalue weighted by Gasteiger charge is -2.29. The van der Waals surface area contributed by atoms with Crippen LogP contribution in [0.15, 0.2) is 54.3 Å². The third kappa shape index (κ3) is 6.69. The van der Waals surface area contributed by atoms with Gasteiger partial charge in [0, 0.05) is 5.92 Å². The van der Waals surface area contributed by atoms with Crippen LogP contribution < -0.4 is 4.74 Å². The molecule has 0 saturated heterocycles. The Balaban J connectivity index is 1.55. The fourth-order valence-corrected chi connectivity index (χ4v) is 3.29. The van der Waals surface area contributed by atoms with Gasteiger partial charge in [-0.05, 0) is 36.3 Å². The molecule has 8 nitrogen and oxygen atoms in total. The Morgan fingerprint density at radius 3 is 2.61 bits per heavy atom. The summed E-state index contributed by atoms with van der Waals surface area (Å²) in [5.74, 6) is -0.0659. The molecule has 8 heteroatoms. The number of allylic oxidation sites excluding steroid dienone is 1. The summed E-state index contributed by atoms with van der Waals surface area (Å²) in [7, 11) is 0. The van der Waals surface area contributed by atoms with Gasteiger partial charge < -0.3 is 29.2 Å². The van der Waals surface area contributed by atoms with E-state index in [2.05, 4.69) is 0 Å². The summed E-state index contributed by atoms with van der Waals surface area (Å²) in [6, 6.07) is 7.01. The molecule has 1 aliphatic carbocycles. The molecule has 33 heavy (non-hydrogen) atoms. The zero-order valence-electron chi connectivity index (χ0n) is 18.8. The second kappa shape index (κ2) is 11.7. The Labute approximate surface area is 193 Å². The molecule has 1 heterocycles. The Kier molecular flexibility index (Phi) is 8.68. The van der Waals surface area contributed by atoms with Gasteiger partial charge in [-0.25, -0.2) is 4.79 Å². The lowest BCUT2D eigenvalue weighted by Crippen LogP contribution is -2.31. The first-order valence-corrected chi connectivity index (χ1v) is 11.1. The lowest BCUT2D eigenvalue weighted by molar-refractivity contribution is -0.151. The molecule has 0 fully saturated rings. The van der Waals surface area contributed by atoms with E-state index in [0.29, 0.717) is 29.1 Å². The van der Waals surface area contributed by atoms with Gasteiger partial charge in [-0.1, -0.05) is 38.1 Å². The van der Waals surface area contributed by atoms with Gasteiger partial charge in [0.05, 0.1) is 18.1 Å². The minimum Gasteiger partial charge on any atom is -0.491 e. The monoisotopic (exact) mass is 458 g/mol. The maximum Gasteiger partial charge on any atom is 0.339 e. The van der Waals surface area contributed by atoms with E-state index in [1.165, 1.54) is 0 Å². The van der Waals surface area contributed by atoms with Crippen molar-refractivity contribution in [2.24, 2.45) is 11.8 Å². The van der Waals surface area contributed by atoms with E-state index in [-0.39, 0.29) is 44.2 Å². The highest BCUT2D eigenvalue weighted by Crippen LogP contribution is 2.32. The van der Waals surface area contributed by atoms with Gasteiger partial charge in [0.15, 0.2) is 0 Å². The number of benzene rings is 1. The summed E-state index contributed by atoms with van der Waals surface area (Å²) in [4.78, 5) is 24.3. The smallest absolute Gasteiger partial charge is 0.339 e. The molecule has 1 aliphatic heterocycles. The van der Waals surface area contributed by atoms with Crippen LogP contribution in [0.3, 0.4) is 0 Å². The number of rotatable bonds is 11. The van der Waals surface area contributed by atoms with Crippen molar-refractivity contribution in [1.82, 2.24) is 0 Å². The van der Waals surface area contributed by atoms with E-state index in [4.69, 9.17) is 24.1 Å². The second-order valence-corrected chi connectivity index (χ2v) is 7.96. The number of carbonyl (C=O) groups is 2. The van der Waals surface area contributed by atoms with E-state index >= 15 is 0 Å². The van der Waals surface area contributed by atoms with Crippen LogP contribution in [0.2, 0.25) is 0 Å². The molecule has 4 atom stereocenters. The highest BCUT2D eigenvalue weighted by Gasteiger charge is 2.31. The lowest BCUT2D eigenvalue weighted by atomic mass is 9.90. The predicted octanol–water partition coefficient (Wildman–Crippen LogP) is 2.40. The van der Waals surface area contributed by atoms with Crippen LogP contribution in [0.5, 0.6) is 5.75 Å². The van der Waals surface area contributed by atoms with Gasteiger partial charge in [-0.15, -0.1) is 0 Å². The minimum atomic E-state index is -0.963. The normalized spacial score (nSPS) is 21.2. The largest absolute Gasteiger partial charge is 0.491 e. The average Bonchev–Trinajstić information content (AvgIpc) is 2.84. The van der Waals surface area contributed by atoms with Crippen LogP contribution in [-0.4, -0.2) is 60.8 Å². The van der Waals surface area contributed by atoms with Gasteiger partial charge in [0.2, 0.25) is 0 Å². The van der Waals surface area contributed by atoms with Crippen LogP contribution in [0.1, 0.15) is 25.8 Å². The average molecular weight is 459 g/mol. The molecule has 3 rings (SSSR count). The Bertz CT molecular complexity index is 915. The fraction of sp³-hybridized carbons (Fsp3) is 0.440. The molecule has 0 spiro atoms. The number of hydrogen-bond donors (Lipinski definition) is 2. The number of esters is 2. The fourth-order valence-electron chi connectivity index (χ4n) is 3.29. The van der Waals surface area contributed by atoms with Crippen molar-refractivity contribution in [1.29, 1.82) is 0 Å². The first-order chi connectivity index (χ1) is 15.9. The number of aliphatic hydroxyl groups excluding tert-OH is 2. The molecule has 2 N–H and O–H groups in total. The quantitative estimate of drug-likeness (QED) is 0.487. The number of hydrogen-bond acceptors (Lipinski definition) is 8. The summed E-state index contributed by atoms with van der Waals surface area (Å²) < 4.78 is 21.6. The van der Waals surface area contributed by atoms with Crippen LogP contribution in [0.4, 0.5) is 0 Å². The van der Waals surface area contributed by atoms with Crippen molar-refractivity contribution < 1.29 is 38.7 Å². The summed E-state index contributed by atoms with van der Waals surface area (Å²) in [6.45, 7) is 3.60. The highest BCUT2D eigenvalue weighted by molar-refractivity contribution is 6.17. The Morgan fingerprint density at radius 1 is 1.15 bits per heavy atom. The molecule has 0 radical (unpaired) electrons. The van der Waals surface area contributed by atoms with Crippen LogP contribution in [0.25, 0.3) is 5.57 Å². The summed E-state index contributed by atoms with van der Waals surface area (Å²) >= 11 is 0. The van der Waals surface area contributed by atoms with Crippen LogP contribution in [0, 0.1) is 11.8 Å². The standard InChI is InChI=1S/C25H30O8/c1-3-16(2)24(28)32-15-19(27)14-31-21-9-6-18-12-22(25(29)33-23(18)13-21)17-4-7-20(8-5-17)30-11-10-26/h4-9,12-13,16,18-19,23,26-27H,3,10-11,14-15H2,1-2H3. The Hall–Kier alpha value is -3.10. The van der Waals surface area contributed by atoms with Crippen molar-refractivity contribution in [2.75, 3.05) is 26.4 Å². The van der Waals surface area contributed by atoms with Crippen molar-refractivity contribution in [2.45, 2.75) is 32.5 Å². The topological polar surface area (TPSA) is 112 Å². The van der Waals surface area contributed by atoms with E-state index in [0.717, 1.165) is 0 Å². The Morgan fingerprint density at radius 2 is 1.91 bits per heavy atom. The van der Waals surface area contributed by atoms with Gasteiger partial charge >= 0.3 is 11.9 Å². The first-order valence-electron chi connectivity index (χ1n) is 11.1. The predicted molar refractivity (Wildman–Crippen MR) is 120 cm³/mol. The molecule has 2 aliphatic rings. The van der Waals surface area contributed by atoms with Gasteiger partial charge in [0.1, 0.15) is 43.5 Å². The summed E-state index contributed by atoms with van der Waals surface area (Å²) in [5, 5.41) is 18.9. The molecule has 4 unspecified atom stereocenters. The zero-order valence-corrected chi connectivity index (χ0v) is 18.8. The maximum atomic E-state index is 12.6. The van der Waals surface area contributed by atoms with Gasteiger partial charge in [-0.3, -0.25) is 4.79 Å². The van der Waals surface area contributed by atoms with E-state index in [1.54, 1.807) is 43.3 Å². The van der Waals surface area contributed by atoms with E-state index < -0.39 is 18.2 Å². The third-order valence-corrected chi connectivity index (χ3v) is 5.41. The molecule has 0 saturated carbocycles. The number of carbonyl (C=O) groups excluding carboxylic acids is 2. The third-order valence-electron chi connectivity index (χ3n) is 5.41. The van der Waals surface area contributed by atoms with Crippen LogP contribution >= 0.6 is 0 Å². The van der Waals surface area contributed by atoms with E-state index in [1.807, 2.05) is 19.1 Å². The van der Waals surface area contributed by atoms with Gasteiger partial charge in [-0.2, -0.15) is 0 Å². The summed E-state index contributed by atoms with van der Waals surface area (Å²) in [6.07, 6.45) is 6.39. The van der Waals surface area contributed by atoms with Crippen molar-refractivity contribution in [3.63, 3.8) is 0 Å². The second-order valence-electron chi connectivity index (χ2n) is 7.96. The number of fused-ring (bicyclic) bond motifs is 1. The van der Waals surface area contributed by atoms with Gasteiger partial charge in [0.25, 0.3) is 0 Å².